The number of halogens is 1. The molecule has 5 nitrogen and oxygen atoms in total. The van der Waals surface area contributed by atoms with Crippen molar-refractivity contribution in [3.8, 4) is 5.69 Å². The molecule has 0 aliphatic heterocycles. The standard InChI is InChI=1S/C11H12FN5S/c1-7-14-6-17(15-7)10-4-3-8(5-9(10)12)16(2)11(13)18/h3-6H,1-2H3,(H2,13,18). The van der Waals surface area contributed by atoms with Crippen molar-refractivity contribution < 1.29 is 4.39 Å². The largest absolute Gasteiger partial charge is 0.325 e. The van der Waals surface area contributed by atoms with Gasteiger partial charge in [0.2, 0.25) is 0 Å². The molecule has 7 heteroatoms. The molecule has 0 saturated heterocycles. The first-order valence-electron chi connectivity index (χ1n) is 5.18. The number of nitrogens with zero attached hydrogens (tertiary/aromatic N) is 4. The Morgan fingerprint density at radius 1 is 1.50 bits per heavy atom. The number of thiol groups is 1. The van der Waals surface area contributed by atoms with E-state index in [1.807, 2.05) is 0 Å². The predicted molar refractivity (Wildman–Crippen MR) is 71.2 cm³/mol. The summed E-state index contributed by atoms with van der Waals surface area (Å²) >= 11 is 3.90. The van der Waals surface area contributed by atoms with Crippen molar-refractivity contribution in [2.75, 3.05) is 11.9 Å². The molecule has 0 radical (unpaired) electrons. The van der Waals surface area contributed by atoms with Crippen LogP contribution in [-0.4, -0.2) is 27.0 Å². The first-order valence-corrected chi connectivity index (χ1v) is 5.63. The summed E-state index contributed by atoms with van der Waals surface area (Å²) in [5.74, 6) is 0.145. The Hall–Kier alpha value is -1.89. The maximum atomic E-state index is 14.0. The molecule has 0 saturated carbocycles. The van der Waals surface area contributed by atoms with Crippen LogP contribution in [0.25, 0.3) is 5.69 Å². The van der Waals surface area contributed by atoms with E-state index in [-0.39, 0.29) is 5.17 Å². The van der Waals surface area contributed by atoms with Gasteiger partial charge in [-0.3, -0.25) is 5.41 Å². The Kier molecular flexibility index (Phi) is 3.33. The Morgan fingerprint density at radius 3 is 2.72 bits per heavy atom. The molecule has 94 valence electrons. The number of nitrogens with one attached hydrogen (secondary N) is 1. The SMILES string of the molecule is Cc1ncn(-c2ccc(N(C)C(=N)S)cc2F)n1. The van der Waals surface area contributed by atoms with Crippen LogP contribution in [0, 0.1) is 18.2 Å². The molecule has 18 heavy (non-hydrogen) atoms. The van der Waals surface area contributed by atoms with Crippen molar-refractivity contribution >= 4 is 23.5 Å². The maximum Gasteiger partial charge on any atom is 0.157 e. The highest BCUT2D eigenvalue weighted by molar-refractivity contribution is 7.97. The highest BCUT2D eigenvalue weighted by atomic mass is 32.1. The molecule has 0 fully saturated rings. The van der Waals surface area contributed by atoms with Crippen LogP contribution in [0.4, 0.5) is 10.1 Å². The normalized spacial score (nSPS) is 10.4. The molecule has 0 amide bonds. The lowest BCUT2D eigenvalue weighted by Crippen LogP contribution is -2.20. The Labute approximate surface area is 109 Å². The zero-order chi connectivity index (χ0) is 13.3. The first kappa shape index (κ1) is 12.6. The highest BCUT2D eigenvalue weighted by Crippen LogP contribution is 2.20. The number of aromatic nitrogens is 3. The zero-order valence-electron chi connectivity index (χ0n) is 9.92. The van der Waals surface area contributed by atoms with Gasteiger partial charge < -0.3 is 4.90 Å². The number of hydrogen-bond acceptors (Lipinski definition) is 3. The van der Waals surface area contributed by atoms with Gasteiger partial charge in [-0.15, -0.1) is 12.6 Å². The molecule has 2 aromatic rings. The molecule has 0 atom stereocenters. The average Bonchev–Trinajstić information content (AvgIpc) is 2.74. The maximum absolute atomic E-state index is 14.0. The van der Waals surface area contributed by atoms with E-state index < -0.39 is 5.82 Å². The second-order valence-electron chi connectivity index (χ2n) is 3.75. The second kappa shape index (κ2) is 4.77. The summed E-state index contributed by atoms with van der Waals surface area (Å²) in [6, 6.07) is 4.61. The van der Waals surface area contributed by atoms with Crippen molar-refractivity contribution in [2.45, 2.75) is 6.92 Å². The summed E-state index contributed by atoms with van der Waals surface area (Å²) in [6.07, 6.45) is 1.46. The molecule has 1 aromatic heterocycles. The van der Waals surface area contributed by atoms with Gasteiger partial charge in [-0.2, -0.15) is 5.10 Å². The summed E-state index contributed by atoms with van der Waals surface area (Å²) in [5, 5.41) is 11.5. The number of aryl methyl sites for hydroxylation is 1. The van der Waals surface area contributed by atoms with Crippen LogP contribution in [0.5, 0.6) is 0 Å². The zero-order valence-corrected chi connectivity index (χ0v) is 10.8. The topological polar surface area (TPSA) is 57.8 Å². The van der Waals surface area contributed by atoms with Crippen LogP contribution in [0.15, 0.2) is 24.5 Å². The van der Waals surface area contributed by atoms with Gasteiger partial charge in [0, 0.05) is 12.7 Å². The van der Waals surface area contributed by atoms with Crippen molar-refractivity contribution in [1.29, 1.82) is 5.41 Å². The van der Waals surface area contributed by atoms with Gasteiger partial charge in [-0.1, -0.05) is 0 Å². The van der Waals surface area contributed by atoms with Crippen LogP contribution >= 0.6 is 12.6 Å². The summed E-state index contributed by atoms with van der Waals surface area (Å²) in [5.41, 5.74) is 0.867. The quantitative estimate of drug-likeness (QED) is 0.496. The van der Waals surface area contributed by atoms with E-state index in [1.54, 1.807) is 26.1 Å². The van der Waals surface area contributed by atoms with Gasteiger partial charge in [0.25, 0.3) is 0 Å². The molecule has 2 rings (SSSR count). The predicted octanol–water partition coefficient (Wildman–Crippen LogP) is 2.02. The van der Waals surface area contributed by atoms with Crippen molar-refractivity contribution in [3.05, 3.63) is 36.2 Å². The summed E-state index contributed by atoms with van der Waals surface area (Å²) in [4.78, 5) is 5.41. The van der Waals surface area contributed by atoms with Gasteiger partial charge in [-0.25, -0.2) is 14.1 Å². The third-order valence-corrected chi connectivity index (χ3v) is 2.79. The van der Waals surface area contributed by atoms with Gasteiger partial charge >= 0.3 is 0 Å². The van der Waals surface area contributed by atoms with E-state index in [2.05, 4.69) is 22.7 Å². The van der Waals surface area contributed by atoms with Gasteiger partial charge in [0.05, 0.1) is 0 Å². The van der Waals surface area contributed by atoms with Crippen LogP contribution in [0.1, 0.15) is 5.82 Å². The van der Waals surface area contributed by atoms with E-state index in [0.717, 1.165) is 0 Å². The first-order chi connectivity index (χ1) is 8.49. The van der Waals surface area contributed by atoms with Gasteiger partial charge in [0.1, 0.15) is 17.8 Å². The number of amidine groups is 1. The third-order valence-electron chi connectivity index (χ3n) is 2.49. The lowest BCUT2D eigenvalue weighted by atomic mass is 10.2. The van der Waals surface area contributed by atoms with Crippen LogP contribution in [0.3, 0.4) is 0 Å². The van der Waals surface area contributed by atoms with E-state index >= 15 is 0 Å². The Morgan fingerprint density at radius 2 is 2.22 bits per heavy atom. The smallest absolute Gasteiger partial charge is 0.157 e. The number of benzene rings is 1. The molecule has 1 aromatic carbocycles. The van der Waals surface area contributed by atoms with Crippen molar-refractivity contribution in [1.82, 2.24) is 14.8 Å². The average molecular weight is 265 g/mol. The number of rotatable bonds is 2. The van der Waals surface area contributed by atoms with E-state index in [1.165, 1.54) is 22.0 Å². The molecule has 1 heterocycles. The second-order valence-corrected chi connectivity index (χ2v) is 4.18. The Balaban J connectivity index is 2.39. The van der Waals surface area contributed by atoms with Crippen LogP contribution in [-0.2, 0) is 0 Å². The molecule has 0 aliphatic rings. The number of hydrogen-bond donors (Lipinski definition) is 2. The summed E-state index contributed by atoms with van der Waals surface area (Å²) in [7, 11) is 1.64. The minimum absolute atomic E-state index is 0.0405. The van der Waals surface area contributed by atoms with E-state index in [0.29, 0.717) is 17.2 Å². The van der Waals surface area contributed by atoms with Gasteiger partial charge in [0.15, 0.2) is 11.0 Å². The fourth-order valence-electron chi connectivity index (χ4n) is 1.47. The van der Waals surface area contributed by atoms with Crippen LogP contribution in [0.2, 0.25) is 0 Å². The highest BCUT2D eigenvalue weighted by Gasteiger charge is 2.10. The minimum atomic E-state index is -0.432. The molecule has 0 bridgehead atoms. The summed E-state index contributed by atoms with van der Waals surface area (Å²) < 4.78 is 15.3. The van der Waals surface area contributed by atoms with Crippen LogP contribution < -0.4 is 4.90 Å². The van der Waals surface area contributed by atoms with E-state index in [9.17, 15) is 4.39 Å². The van der Waals surface area contributed by atoms with E-state index in [4.69, 9.17) is 5.41 Å². The molecular weight excluding hydrogens is 253 g/mol. The molecule has 0 aliphatic carbocycles. The van der Waals surface area contributed by atoms with Gasteiger partial charge in [-0.05, 0) is 25.1 Å². The fraction of sp³-hybridized carbons (Fsp3) is 0.182. The molecule has 1 N–H and O–H groups in total. The lowest BCUT2D eigenvalue weighted by Gasteiger charge is -2.17. The Bertz CT molecular complexity index is 595. The molecule has 0 unspecified atom stereocenters. The monoisotopic (exact) mass is 265 g/mol. The minimum Gasteiger partial charge on any atom is -0.325 e. The fourth-order valence-corrected chi connectivity index (χ4v) is 1.59. The van der Waals surface area contributed by atoms with Crippen molar-refractivity contribution in [3.63, 3.8) is 0 Å². The lowest BCUT2D eigenvalue weighted by molar-refractivity contribution is 0.610. The number of anilines is 1. The summed E-state index contributed by atoms with van der Waals surface area (Å²) in [6.45, 7) is 1.73. The molecule has 0 spiro atoms. The molecular formula is C11H12FN5S. The third kappa shape index (κ3) is 2.35. The van der Waals surface area contributed by atoms with Crippen molar-refractivity contribution in [2.24, 2.45) is 0 Å².